The van der Waals surface area contributed by atoms with Gasteiger partial charge >= 0.3 is 11.6 Å². The number of carbonyl (C=O) groups is 2. The number of amides is 1. The van der Waals surface area contributed by atoms with Gasteiger partial charge in [-0.15, -0.1) is 0 Å². The lowest BCUT2D eigenvalue weighted by atomic mass is 9.98. The zero-order valence-corrected chi connectivity index (χ0v) is 18.4. The molecule has 0 spiro atoms. The van der Waals surface area contributed by atoms with Crippen LogP contribution >= 0.6 is 0 Å². The molecule has 1 amide bonds. The fraction of sp³-hybridized carbons (Fsp3) is 0.320. The summed E-state index contributed by atoms with van der Waals surface area (Å²) in [6.45, 7) is 5.56. The molecule has 32 heavy (non-hydrogen) atoms. The smallest absolute Gasteiger partial charge is 0.340 e. The van der Waals surface area contributed by atoms with Crippen LogP contribution in [0.4, 0.5) is 0 Å². The predicted molar refractivity (Wildman–Crippen MR) is 121 cm³/mol. The van der Waals surface area contributed by atoms with E-state index in [9.17, 15) is 14.4 Å². The minimum Gasteiger partial charge on any atom is -0.481 e. The molecule has 0 radical (unpaired) electrons. The van der Waals surface area contributed by atoms with Crippen molar-refractivity contribution in [2.24, 2.45) is 0 Å². The van der Waals surface area contributed by atoms with Crippen molar-refractivity contribution in [2.75, 3.05) is 6.54 Å². The third kappa shape index (κ3) is 5.35. The highest BCUT2D eigenvalue weighted by Gasteiger charge is 2.19. The van der Waals surface area contributed by atoms with Crippen molar-refractivity contribution in [3.63, 3.8) is 0 Å². The van der Waals surface area contributed by atoms with Crippen LogP contribution in [0.25, 0.3) is 11.0 Å². The van der Waals surface area contributed by atoms with Crippen LogP contribution in [-0.4, -0.2) is 29.6 Å². The molecule has 0 saturated carbocycles. The Morgan fingerprint density at radius 2 is 1.81 bits per heavy atom. The second-order valence-corrected chi connectivity index (χ2v) is 7.77. The Labute approximate surface area is 186 Å². The largest absolute Gasteiger partial charge is 0.481 e. The highest BCUT2D eigenvalue weighted by Crippen LogP contribution is 2.30. The molecule has 0 aliphatic carbocycles. The maximum absolute atomic E-state index is 12.7. The van der Waals surface area contributed by atoms with E-state index in [0.717, 1.165) is 16.5 Å². The number of ether oxygens (including phenoxy) is 1. The van der Waals surface area contributed by atoms with E-state index >= 15 is 0 Å². The van der Waals surface area contributed by atoms with Crippen LogP contribution < -0.4 is 15.7 Å². The molecule has 7 heteroatoms. The van der Waals surface area contributed by atoms with Crippen molar-refractivity contribution in [3.8, 4) is 5.75 Å². The number of hydrogen-bond acceptors (Lipinski definition) is 5. The van der Waals surface area contributed by atoms with Crippen LogP contribution in [-0.2, 0) is 16.0 Å². The second-order valence-electron chi connectivity index (χ2n) is 7.77. The van der Waals surface area contributed by atoms with Gasteiger partial charge in [0.25, 0.3) is 5.91 Å². The average Bonchev–Trinajstić information content (AvgIpc) is 2.77. The number of rotatable bonds is 9. The lowest BCUT2D eigenvalue weighted by molar-refractivity contribution is -0.137. The van der Waals surface area contributed by atoms with Gasteiger partial charge in [-0.2, -0.15) is 0 Å². The van der Waals surface area contributed by atoms with Gasteiger partial charge < -0.3 is 19.6 Å². The number of hydrogen-bond donors (Lipinski definition) is 2. The first-order valence-electron chi connectivity index (χ1n) is 10.5. The number of fused-ring (bicyclic) bond motifs is 1. The van der Waals surface area contributed by atoms with Crippen LogP contribution in [0, 0.1) is 13.8 Å². The van der Waals surface area contributed by atoms with E-state index < -0.39 is 12.1 Å². The maximum atomic E-state index is 12.7. The normalized spacial score (nSPS) is 11.8. The SMILES string of the molecule is Cc1c(Cc2ccccc2)c(=O)oc2c(C)c(O[C@H](C)C(=O)NCCCC(=O)O)ccc12. The highest BCUT2D eigenvalue weighted by atomic mass is 16.5. The number of carbonyl (C=O) groups excluding carboxylic acids is 1. The quantitative estimate of drug-likeness (QED) is 0.390. The van der Waals surface area contributed by atoms with E-state index in [1.54, 1.807) is 19.9 Å². The zero-order chi connectivity index (χ0) is 23.3. The summed E-state index contributed by atoms with van der Waals surface area (Å²) in [5, 5.41) is 12.1. The third-order valence-corrected chi connectivity index (χ3v) is 5.42. The van der Waals surface area contributed by atoms with E-state index in [1.807, 2.05) is 43.3 Å². The van der Waals surface area contributed by atoms with Gasteiger partial charge in [0.15, 0.2) is 6.10 Å². The molecule has 3 rings (SSSR count). The third-order valence-electron chi connectivity index (χ3n) is 5.42. The fourth-order valence-electron chi connectivity index (χ4n) is 3.54. The van der Waals surface area contributed by atoms with E-state index in [0.29, 0.717) is 35.3 Å². The molecular weight excluding hydrogens is 410 g/mol. The summed E-state index contributed by atoms with van der Waals surface area (Å²) in [5.41, 5.74) is 3.20. The Morgan fingerprint density at radius 3 is 2.50 bits per heavy atom. The summed E-state index contributed by atoms with van der Waals surface area (Å²) in [6, 6.07) is 13.3. The summed E-state index contributed by atoms with van der Waals surface area (Å²) in [7, 11) is 0. The first kappa shape index (κ1) is 23.1. The Hall–Kier alpha value is -3.61. The minimum atomic E-state index is -0.904. The van der Waals surface area contributed by atoms with Crippen molar-refractivity contribution >= 4 is 22.8 Å². The van der Waals surface area contributed by atoms with Gasteiger partial charge in [0.1, 0.15) is 11.3 Å². The van der Waals surface area contributed by atoms with Crippen LogP contribution in [0.2, 0.25) is 0 Å². The maximum Gasteiger partial charge on any atom is 0.340 e. The first-order chi connectivity index (χ1) is 15.3. The Morgan fingerprint density at radius 1 is 1.09 bits per heavy atom. The van der Waals surface area contributed by atoms with Gasteiger partial charge in [-0.05, 0) is 50.5 Å². The number of aryl methyl sites for hydroxylation is 2. The number of nitrogens with one attached hydrogen (secondary N) is 1. The fourth-order valence-corrected chi connectivity index (χ4v) is 3.54. The summed E-state index contributed by atoms with van der Waals surface area (Å²) >= 11 is 0. The van der Waals surface area contributed by atoms with Crippen molar-refractivity contribution in [2.45, 2.75) is 46.1 Å². The van der Waals surface area contributed by atoms with Crippen molar-refractivity contribution in [3.05, 3.63) is 75.1 Å². The summed E-state index contributed by atoms with van der Waals surface area (Å²) in [5.74, 6) is -0.797. The van der Waals surface area contributed by atoms with Gasteiger partial charge in [-0.1, -0.05) is 30.3 Å². The van der Waals surface area contributed by atoms with Gasteiger partial charge in [-0.3, -0.25) is 9.59 Å². The minimum absolute atomic E-state index is 0.00997. The Bertz CT molecular complexity index is 1180. The molecule has 7 nitrogen and oxygen atoms in total. The Kier molecular flexibility index (Phi) is 7.30. The molecule has 0 aliphatic heterocycles. The predicted octanol–water partition coefficient (Wildman–Crippen LogP) is 3.75. The van der Waals surface area contributed by atoms with Crippen LogP contribution in [0.3, 0.4) is 0 Å². The van der Waals surface area contributed by atoms with E-state index in [2.05, 4.69) is 5.32 Å². The number of benzene rings is 2. The first-order valence-corrected chi connectivity index (χ1v) is 10.5. The lowest BCUT2D eigenvalue weighted by Gasteiger charge is -2.17. The summed E-state index contributed by atoms with van der Waals surface area (Å²) in [4.78, 5) is 35.5. The molecule has 1 heterocycles. The van der Waals surface area contributed by atoms with Crippen molar-refractivity contribution in [1.29, 1.82) is 0 Å². The molecule has 2 aromatic carbocycles. The van der Waals surface area contributed by atoms with Crippen LogP contribution in [0.1, 0.15) is 42.0 Å². The highest BCUT2D eigenvalue weighted by molar-refractivity contribution is 5.86. The lowest BCUT2D eigenvalue weighted by Crippen LogP contribution is -2.37. The zero-order valence-electron chi connectivity index (χ0n) is 18.4. The van der Waals surface area contributed by atoms with E-state index in [-0.39, 0.29) is 24.5 Å². The van der Waals surface area contributed by atoms with Crippen molar-refractivity contribution < 1.29 is 23.8 Å². The second kappa shape index (κ2) is 10.1. The topological polar surface area (TPSA) is 106 Å². The molecule has 1 aromatic heterocycles. The molecule has 0 aliphatic rings. The number of aliphatic carboxylic acids is 1. The molecule has 0 bridgehead atoms. The molecule has 0 fully saturated rings. The molecule has 0 unspecified atom stereocenters. The van der Waals surface area contributed by atoms with Crippen LogP contribution in [0.5, 0.6) is 5.75 Å². The monoisotopic (exact) mass is 437 g/mol. The molecule has 168 valence electrons. The van der Waals surface area contributed by atoms with Gasteiger partial charge in [0, 0.05) is 35.9 Å². The molecule has 2 N–H and O–H groups in total. The van der Waals surface area contributed by atoms with Gasteiger partial charge in [-0.25, -0.2) is 4.79 Å². The molecule has 0 saturated heterocycles. The van der Waals surface area contributed by atoms with E-state index in [1.165, 1.54) is 0 Å². The number of carboxylic acid groups (broad SMARTS) is 1. The standard InChI is InChI=1S/C25H27NO6/c1-15-19-11-12-21(31-17(3)24(29)26-13-7-10-22(27)28)16(2)23(19)32-25(30)20(15)14-18-8-5-4-6-9-18/h4-6,8-9,11-12,17H,7,10,13-14H2,1-3H3,(H,26,29)(H,27,28)/t17-/m1/s1. The summed E-state index contributed by atoms with van der Waals surface area (Å²) < 4.78 is 11.5. The molecular formula is C25H27NO6. The Balaban J connectivity index is 1.79. The summed E-state index contributed by atoms with van der Waals surface area (Å²) in [6.07, 6.45) is 0.0326. The molecule has 1 atom stereocenters. The van der Waals surface area contributed by atoms with Gasteiger partial charge in [0.2, 0.25) is 0 Å². The number of carboxylic acids is 1. The van der Waals surface area contributed by atoms with Gasteiger partial charge in [0.05, 0.1) is 0 Å². The van der Waals surface area contributed by atoms with E-state index in [4.69, 9.17) is 14.3 Å². The van der Waals surface area contributed by atoms with Crippen LogP contribution in [0.15, 0.2) is 51.7 Å². The van der Waals surface area contributed by atoms with Crippen molar-refractivity contribution in [1.82, 2.24) is 5.32 Å². The molecule has 3 aromatic rings. The average molecular weight is 437 g/mol.